The van der Waals surface area contributed by atoms with Crippen LogP contribution in [0.5, 0.6) is 0 Å². The molecule has 0 spiro atoms. The number of nitrogens with one attached hydrogen (secondary N) is 1. The van der Waals surface area contributed by atoms with E-state index in [0.29, 0.717) is 23.7 Å². The number of nitrogens with zero attached hydrogens (tertiary/aromatic N) is 1. The smallest absolute Gasteiger partial charge is 0.214 e. The summed E-state index contributed by atoms with van der Waals surface area (Å²) in [6, 6.07) is 9.65. The number of benzene rings is 2. The first-order chi connectivity index (χ1) is 12.7. The van der Waals surface area contributed by atoms with Crippen molar-refractivity contribution in [3.05, 3.63) is 48.0 Å². The van der Waals surface area contributed by atoms with Gasteiger partial charge in [0.15, 0.2) is 11.6 Å². The zero-order valence-electron chi connectivity index (χ0n) is 16.0. The van der Waals surface area contributed by atoms with Gasteiger partial charge in [-0.3, -0.25) is 4.79 Å². The molecule has 1 atom stereocenters. The summed E-state index contributed by atoms with van der Waals surface area (Å²) in [7, 11) is -0.887. The number of carbonyl (C=O) groups is 1. The Hall–Kier alpha value is -2.04. The SMILES string of the molecule is CNC(C)CCN(C=O)c1ccc(-c2ccccc2P(C)(C)=O)c(F)c1F. The molecule has 2 aromatic rings. The topological polar surface area (TPSA) is 49.4 Å². The molecule has 2 aromatic carbocycles. The molecular formula is C20H25F2N2O2P. The Labute approximate surface area is 158 Å². The average Bonchev–Trinajstić information content (AvgIpc) is 2.64. The molecule has 27 heavy (non-hydrogen) atoms. The number of hydrogen-bond acceptors (Lipinski definition) is 3. The number of anilines is 1. The molecule has 1 unspecified atom stereocenters. The van der Waals surface area contributed by atoms with Gasteiger partial charge in [0.2, 0.25) is 6.41 Å². The van der Waals surface area contributed by atoms with E-state index in [0.717, 1.165) is 4.90 Å². The lowest BCUT2D eigenvalue weighted by molar-refractivity contribution is -0.107. The van der Waals surface area contributed by atoms with Gasteiger partial charge in [-0.05, 0) is 51.4 Å². The first-order valence-electron chi connectivity index (χ1n) is 8.72. The number of carbonyl (C=O) groups excluding carboxylic acids is 1. The van der Waals surface area contributed by atoms with E-state index in [1.165, 1.54) is 12.1 Å². The predicted octanol–water partition coefficient (Wildman–Crippen LogP) is 3.84. The number of hydrogen-bond donors (Lipinski definition) is 1. The first kappa shape index (κ1) is 21.3. The molecule has 1 N–H and O–H groups in total. The van der Waals surface area contributed by atoms with Crippen molar-refractivity contribution in [2.45, 2.75) is 19.4 Å². The van der Waals surface area contributed by atoms with E-state index in [9.17, 15) is 18.1 Å². The van der Waals surface area contributed by atoms with Crippen LogP contribution < -0.4 is 15.5 Å². The lowest BCUT2D eigenvalue weighted by Gasteiger charge is -2.21. The number of halogens is 2. The van der Waals surface area contributed by atoms with Crippen molar-refractivity contribution in [3.63, 3.8) is 0 Å². The third-order valence-corrected chi connectivity index (χ3v) is 6.12. The summed E-state index contributed by atoms with van der Waals surface area (Å²) in [5.74, 6) is -2.14. The number of rotatable bonds is 8. The maximum Gasteiger partial charge on any atom is 0.214 e. The molecule has 2 rings (SSSR count). The Kier molecular flexibility index (Phi) is 6.90. The molecule has 0 bridgehead atoms. The van der Waals surface area contributed by atoms with Crippen molar-refractivity contribution in [1.82, 2.24) is 5.32 Å². The predicted molar refractivity (Wildman–Crippen MR) is 107 cm³/mol. The van der Waals surface area contributed by atoms with Crippen molar-refractivity contribution >= 4 is 24.5 Å². The van der Waals surface area contributed by atoms with Gasteiger partial charge in [0.25, 0.3) is 0 Å². The van der Waals surface area contributed by atoms with Crippen LogP contribution in [0.25, 0.3) is 11.1 Å². The minimum absolute atomic E-state index is 0.0326. The molecule has 1 amide bonds. The molecule has 0 aromatic heterocycles. The van der Waals surface area contributed by atoms with Gasteiger partial charge in [-0.25, -0.2) is 8.78 Å². The summed E-state index contributed by atoms with van der Waals surface area (Å²) in [4.78, 5) is 12.5. The largest absolute Gasteiger partial charge is 0.319 e. The van der Waals surface area contributed by atoms with E-state index < -0.39 is 18.8 Å². The molecule has 7 heteroatoms. The highest BCUT2D eigenvalue weighted by Crippen LogP contribution is 2.40. The summed E-state index contributed by atoms with van der Waals surface area (Å²) in [5.41, 5.74) is 0.323. The highest BCUT2D eigenvalue weighted by atomic mass is 31.2. The van der Waals surface area contributed by atoms with Crippen molar-refractivity contribution in [2.75, 3.05) is 31.8 Å². The van der Waals surface area contributed by atoms with Gasteiger partial charge < -0.3 is 14.8 Å². The van der Waals surface area contributed by atoms with Crippen molar-refractivity contribution in [3.8, 4) is 11.1 Å². The molecule has 0 radical (unpaired) electrons. The van der Waals surface area contributed by atoms with Gasteiger partial charge in [-0.2, -0.15) is 0 Å². The van der Waals surface area contributed by atoms with Crippen molar-refractivity contribution in [1.29, 1.82) is 0 Å². The molecule has 0 aliphatic heterocycles. The van der Waals surface area contributed by atoms with E-state index in [2.05, 4.69) is 5.32 Å². The van der Waals surface area contributed by atoms with Crippen molar-refractivity contribution in [2.24, 2.45) is 0 Å². The van der Waals surface area contributed by atoms with E-state index in [1.807, 2.05) is 6.92 Å². The van der Waals surface area contributed by atoms with Gasteiger partial charge >= 0.3 is 0 Å². The van der Waals surface area contributed by atoms with Gasteiger partial charge in [-0.1, -0.05) is 24.3 Å². The van der Waals surface area contributed by atoms with Gasteiger partial charge in [0.05, 0.1) is 5.69 Å². The Bertz CT molecular complexity index is 867. The van der Waals surface area contributed by atoms with Crippen molar-refractivity contribution < 1.29 is 18.1 Å². The Morgan fingerprint density at radius 3 is 2.37 bits per heavy atom. The molecule has 0 aliphatic carbocycles. The van der Waals surface area contributed by atoms with Crippen LogP contribution in [0.3, 0.4) is 0 Å². The third kappa shape index (κ3) is 4.82. The summed E-state index contributed by atoms with van der Waals surface area (Å²) in [6.07, 6.45) is 1.09. The molecular weight excluding hydrogens is 369 g/mol. The number of amides is 1. The maximum absolute atomic E-state index is 14.9. The normalized spacial score (nSPS) is 12.7. The summed E-state index contributed by atoms with van der Waals surface area (Å²) < 4.78 is 42.1. The zero-order valence-corrected chi connectivity index (χ0v) is 16.9. The molecule has 0 saturated carbocycles. The van der Waals surface area contributed by atoms with Crippen LogP contribution >= 0.6 is 7.14 Å². The van der Waals surface area contributed by atoms with E-state index in [-0.39, 0.29) is 23.8 Å². The van der Waals surface area contributed by atoms with Crippen LogP contribution in [0, 0.1) is 11.6 Å². The van der Waals surface area contributed by atoms with Crippen LogP contribution in [0.2, 0.25) is 0 Å². The molecule has 0 aliphatic rings. The van der Waals surface area contributed by atoms with Gasteiger partial charge in [0, 0.05) is 23.5 Å². The molecule has 0 fully saturated rings. The standard InChI is InChI=1S/C20H25F2N2O2P/c1-14(23-2)11-12-24(13-25)17-10-9-16(19(21)20(17)22)15-7-5-6-8-18(15)27(3,4)26/h5-10,13-14,23H,11-12H2,1-4H3. The Morgan fingerprint density at radius 1 is 1.11 bits per heavy atom. The lowest BCUT2D eigenvalue weighted by atomic mass is 10.0. The van der Waals surface area contributed by atoms with Gasteiger partial charge in [-0.15, -0.1) is 0 Å². The van der Waals surface area contributed by atoms with E-state index >= 15 is 0 Å². The Morgan fingerprint density at radius 2 is 1.78 bits per heavy atom. The Balaban J connectivity index is 2.47. The maximum atomic E-state index is 14.9. The van der Waals surface area contributed by atoms with Crippen LogP contribution in [-0.4, -0.2) is 39.4 Å². The fourth-order valence-electron chi connectivity index (χ4n) is 2.85. The van der Waals surface area contributed by atoms with E-state index in [1.54, 1.807) is 44.6 Å². The summed E-state index contributed by atoms with van der Waals surface area (Å²) in [5, 5.41) is 3.53. The highest BCUT2D eigenvalue weighted by molar-refractivity contribution is 7.70. The average molecular weight is 394 g/mol. The fourth-order valence-corrected chi connectivity index (χ4v) is 4.07. The minimum Gasteiger partial charge on any atom is -0.319 e. The second-order valence-electron chi connectivity index (χ2n) is 6.91. The highest BCUT2D eigenvalue weighted by Gasteiger charge is 2.23. The second kappa shape index (κ2) is 8.77. The van der Waals surface area contributed by atoms with Gasteiger partial charge in [0.1, 0.15) is 7.14 Å². The third-order valence-electron chi connectivity index (χ3n) is 4.57. The molecule has 0 saturated heterocycles. The quantitative estimate of drug-likeness (QED) is 0.547. The lowest BCUT2D eigenvalue weighted by Crippen LogP contribution is -2.30. The summed E-state index contributed by atoms with van der Waals surface area (Å²) >= 11 is 0. The first-order valence-corrected chi connectivity index (χ1v) is 11.3. The van der Waals surface area contributed by atoms with Crippen LogP contribution in [0.4, 0.5) is 14.5 Å². The minimum atomic E-state index is -2.68. The summed E-state index contributed by atoms with van der Waals surface area (Å²) in [6.45, 7) is 5.38. The molecule has 146 valence electrons. The fraction of sp³-hybridized carbons (Fsp3) is 0.350. The zero-order chi connectivity index (χ0) is 20.2. The second-order valence-corrected chi connectivity index (χ2v) is 10.1. The van der Waals surface area contributed by atoms with Crippen LogP contribution in [0.1, 0.15) is 13.3 Å². The van der Waals surface area contributed by atoms with Crippen LogP contribution in [0.15, 0.2) is 36.4 Å². The van der Waals surface area contributed by atoms with Crippen LogP contribution in [-0.2, 0) is 9.36 Å². The molecule has 0 heterocycles. The monoisotopic (exact) mass is 394 g/mol. The molecule has 4 nitrogen and oxygen atoms in total. The van der Waals surface area contributed by atoms with E-state index in [4.69, 9.17) is 0 Å².